The highest BCUT2D eigenvalue weighted by Gasteiger charge is 2.36. The van der Waals surface area contributed by atoms with Crippen molar-refractivity contribution >= 4 is 22.6 Å². The fourth-order valence-electron chi connectivity index (χ4n) is 3.81. The van der Waals surface area contributed by atoms with Crippen molar-refractivity contribution < 1.29 is 19.1 Å². The van der Waals surface area contributed by atoms with Gasteiger partial charge in [-0.25, -0.2) is 4.98 Å². The zero-order chi connectivity index (χ0) is 21.7. The molecule has 30 heavy (non-hydrogen) atoms. The van der Waals surface area contributed by atoms with Crippen LogP contribution in [0, 0.1) is 11.3 Å². The van der Waals surface area contributed by atoms with Crippen molar-refractivity contribution in [2.45, 2.75) is 57.6 Å². The van der Waals surface area contributed by atoms with E-state index in [0.717, 1.165) is 31.1 Å². The lowest BCUT2D eigenvalue weighted by atomic mass is 9.98. The van der Waals surface area contributed by atoms with Gasteiger partial charge in [0.15, 0.2) is 0 Å². The average molecular weight is 410 g/mol. The second kappa shape index (κ2) is 8.99. The second-order valence-corrected chi connectivity index (χ2v) is 7.88. The van der Waals surface area contributed by atoms with Crippen LogP contribution < -0.4 is 20.5 Å². The van der Waals surface area contributed by atoms with E-state index in [0.29, 0.717) is 22.6 Å². The molecule has 1 fully saturated rings. The number of nitrogens with one attached hydrogen (secondary N) is 1. The van der Waals surface area contributed by atoms with Gasteiger partial charge >= 0.3 is 0 Å². The van der Waals surface area contributed by atoms with Crippen LogP contribution in [0.25, 0.3) is 10.8 Å². The summed E-state index contributed by atoms with van der Waals surface area (Å²) in [5, 5.41) is 13.2. The number of carbonyl (C=O) groups is 2. The van der Waals surface area contributed by atoms with E-state index in [9.17, 15) is 9.59 Å². The Morgan fingerprint density at radius 2 is 2.07 bits per heavy atom. The Balaban J connectivity index is 1.91. The number of primary amides is 1. The van der Waals surface area contributed by atoms with Crippen LogP contribution in [-0.2, 0) is 4.79 Å². The van der Waals surface area contributed by atoms with Gasteiger partial charge in [0.1, 0.15) is 18.8 Å². The summed E-state index contributed by atoms with van der Waals surface area (Å²) in [5.74, 6) is -0.108. The molecule has 2 amide bonds. The van der Waals surface area contributed by atoms with Gasteiger partial charge in [-0.2, -0.15) is 5.26 Å². The molecule has 0 spiro atoms. The minimum absolute atomic E-state index is 0.140. The molecule has 0 atom stereocenters. The molecule has 158 valence electrons. The number of nitriles is 1. The minimum Gasteiger partial charge on any atom is -0.490 e. The molecule has 0 radical (unpaired) electrons. The number of ether oxygens (including phenoxy) is 2. The van der Waals surface area contributed by atoms with Crippen molar-refractivity contribution in [3.8, 4) is 17.7 Å². The Morgan fingerprint density at radius 3 is 2.70 bits per heavy atom. The number of benzene rings is 1. The van der Waals surface area contributed by atoms with E-state index in [2.05, 4.69) is 10.3 Å². The molecule has 2 aromatic rings. The third-order valence-electron chi connectivity index (χ3n) is 5.15. The summed E-state index contributed by atoms with van der Waals surface area (Å²) in [6, 6.07) is 7.03. The number of nitrogens with zero attached hydrogens (tertiary/aromatic N) is 2. The first kappa shape index (κ1) is 21.4. The summed E-state index contributed by atoms with van der Waals surface area (Å²) in [6.07, 6.45) is 4.80. The van der Waals surface area contributed by atoms with Crippen LogP contribution in [-0.4, -0.2) is 35.0 Å². The molecular formula is C22H26N4O4. The molecule has 0 saturated heterocycles. The highest BCUT2D eigenvalue weighted by Crippen LogP contribution is 2.34. The zero-order valence-corrected chi connectivity index (χ0v) is 17.2. The summed E-state index contributed by atoms with van der Waals surface area (Å²) >= 11 is 0. The Morgan fingerprint density at radius 1 is 1.33 bits per heavy atom. The zero-order valence-electron chi connectivity index (χ0n) is 17.2. The molecular weight excluding hydrogens is 384 g/mol. The van der Waals surface area contributed by atoms with E-state index in [1.54, 1.807) is 24.4 Å². The average Bonchev–Trinajstić information content (AvgIpc) is 3.14. The second-order valence-electron chi connectivity index (χ2n) is 7.88. The largest absolute Gasteiger partial charge is 0.490 e. The minimum atomic E-state index is -0.572. The van der Waals surface area contributed by atoms with Gasteiger partial charge in [0.25, 0.3) is 5.91 Å². The number of pyridine rings is 1. The lowest BCUT2D eigenvalue weighted by molar-refractivity contribution is -0.122. The molecule has 1 aliphatic rings. The number of hydrogen-bond donors (Lipinski definition) is 2. The highest BCUT2D eigenvalue weighted by molar-refractivity contribution is 6.01. The van der Waals surface area contributed by atoms with Gasteiger partial charge in [-0.15, -0.1) is 0 Å². The van der Waals surface area contributed by atoms with Crippen molar-refractivity contribution in [3.05, 3.63) is 30.0 Å². The first-order chi connectivity index (χ1) is 14.3. The molecule has 0 aliphatic heterocycles. The predicted octanol–water partition coefficient (Wildman–Crippen LogP) is 2.84. The molecule has 1 aliphatic carbocycles. The van der Waals surface area contributed by atoms with E-state index in [1.165, 1.54) is 0 Å². The van der Waals surface area contributed by atoms with Crippen LogP contribution >= 0.6 is 0 Å². The molecule has 1 heterocycles. The van der Waals surface area contributed by atoms with Crippen molar-refractivity contribution in [1.29, 1.82) is 5.26 Å². The molecule has 1 saturated carbocycles. The Labute approximate surface area is 175 Å². The summed E-state index contributed by atoms with van der Waals surface area (Å²) in [5.41, 5.74) is 5.30. The lowest BCUT2D eigenvalue weighted by Gasteiger charge is -2.30. The van der Waals surface area contributed by atoms with E-state index < -0.39 is 11.4 Å². The summed E-state index contributed by atoms with van der Waals surface area (Å²) in [7, 11) is 0. The van der Waals surface area contributed by atoms with Crippen molar-refractivity contribution in [2.24, 2.45) is 5.73 Å². The number of carbonyl (C=O) groups excluding carboxylic acids is 2. The Hall–Kier alpha value is -3.34. The molecule has 0 unspecified atom stereocenters. The molecule has 8 nitrogen and oxygen atoms in total. The van der Waals surface area contributed by atoms with Gasteiger partial charge in [0, 0.05) is 11.6 Å². The predicted molar refractivity (Wildman–Crippen MR) is 111 cm³/mol. The molecule has 1 aromatic heterocycles. The van der Waals surface area contributed by atoms with E-state index in [1.807, 2.05) is 19.9 Å². The quantitative estimate of drug-likeness (QED) is 0.689. The molecule has 1 aromatic carbocycles. The molecule has 0 bridgehead atoms. The third-order valence-corrected chi connectivity index (χ3v) is 5.15. The third kappa shape index (κ3) is 4.79. The number of nitrogens with two attached hydrogens (primary N) is 1. The van der Waals surface area contributed by atoms with Crippen LogP contribution in [0.4, 0.5) is 0 Å². The summed E-state index contributed by atoms with van der Waals surface area (Å²) in [4.78, 5) is 28.2. The maximum Gasteiger partial charge on any atom is 0.252 e. The van der Waals surface area contributed by atoms with E-state index in [4.69, 9.17) is 20.5 Å². The van der Waals surface area contributed by atoms with Crippen LogP contribution in [0.3, 0.4) is 0 Å². The van der Waals surface area contributed by atoms with Crippen LogP contribution in [0.1, 0.15) is 56.3 Å². The Bertz CT molecular complexity index is 991. The van der Waals surface area contributed by atoms with Crippen molar-refractivity contribution in [3.63, 3.8) is 0 Å². The highest BCUT2D eigenvalue weighted by atomic mass is 16.5. The topological polar surface area (TPSA) is 127 Å². The van der Waals surface area contributed by atoms with Gasteiger partial charge in [0.05, 0.1) is 23.3 Å². The fraction of sp³-hybridized carbons (Fsp3) is 0.455. The number of rotatable bonds is 8. The van der Waals surface area contributed by atoms with Crippen LogP contribution in [0.5, 0.6) is 11.6 Å². The van der Waals surface area contributed by atoms with Crippen molar-refractivity contribution in [1.82, 2.24) is 10.3 Å². The molecule has 3 N–H and O–H groups in total. The number of amides is 2. The van der Waals surface area contributed by atoms with Crippen molar-refractivity contribution in [2.75, 3.05) is 6.61 Å². The first-order valence-electron chi connectivity index (χ1n) is 10.0. The standard InChI is InChI=1S/C22H26N4O4/c1-14(2)30-18-12-16-15(11-17(18)20(24)28)6-10-25-21(16)29-13-22(7-3-4-8-22)26-19(27)5-9-23/h6,10-12,14H,3-5,7-8,13H2,1-2H3,(H2,24,28)(H,26,27). The van der Waals surface area contributed by atoms with Gasteiger partial charge < -0.3 is 20.5 Å². The van der Waals surface area contributed by atoms with E-state index >= 15 is 0 Å². The number of fused-ring (bicyclic) bond motifs is 1. The first-order valence-corrected chi connectivity index (χ1v) is 10.0. The normalized spacial score (nSPS) is 15.0. The monoisotopic (exact) mass is 410 g/mol. The Kier molecular flexibility index (Phi) is 6.40. The maximum absolute atomic E-state index is 12.0. The summed E-state index contributed by atoms with van der Waals surface area (Å²) in [6.45, 7) is 3.97. The van der Waals surface area contributed by atoms with Gasteiger partial charge in [-0.3, -0.25) is 9.59 Å². The maximum atomic E-state index is 12.0. The van der Waals surface area contributed by atoms with E-state index in [-0.39, 0.29) is 25.0 Å². The number of aromatic nitrogens is 1. The molecule has 3 rings (SSSR count). The smallest absolute Gasteiger partial charge is 0.252 e. The SMILES string of the molecule is CC(C)Oc1cc2c(OCC3(NC(=O)CC#N)CCCC3)nccc2cc1C(N)=O. The number of hydrogen-bond acceptors (Lipinski definition) is 6. The van der Waals surface area contributed by atoms with Gasteiger partial charge in [-0.1, -0.05) is 12.8 Å². The van der Waals surface area contributed by atoms with Gasteiger partial charge in [0.2, 0.25) is 11.8 Å². The van der Waals surface area contributed by atoms with Gasteiger partial charge in [-0.05, 0) is 50.3 Å². The fourth-order valence-corrected chi connectivity index (χ4v) is 3.81. The van der Waals surface area contributed by atoms with Crippen LogP contribution in [0.2, 0.25) is 0 Å². The lowest BCUT2D eigenvalue weighted by Crippen LogP contribution is -2.50. The summed E-state index contributed by atoms with van der Waals surface area (Å²) < 4.78 is 11.8. The molecule has 8 heteroatoms. The van der Waals surface area contributed by atoms with Crippen LogP contribution in [0.15, 0.2) is 24.4 Å².